The molecular weight excluding hydrogens is 366 g/mol. The van der Waals surface area contributed by atoms with Gasteiger partial charge in [-0.1, -0.05) is 66.7 Å². The van der Waals surface area contributed by atoms with Crippen molar-refractivity contribution in [1.82, 2.24) is 5.32 Å². The van der Waals surface area contributed by atoms with Crippen LogP contribution in [0.2, 0.25) is 0 Å². The zero-order chi connectivity index (χ0) is 19.9. The van der Waals surface area contributed by atoms with Gasteiger partial charge in [0.05, 0.1) is 12.7 Å². The summed E-state index contributed by atoms with van der Waals surface area (Å²) in [5.74, 6) is 0.441. The fraction of sp³-hybridized carbons (Fsp3) is 0.286. The van der Waals surface area contributed by atoms with E-state index in [0.717, 1.165) is 19.5 Å². The topological polar surface area (TPSA) is 21.3 Å². The Kier molecular flexibility index (Phi) is 4.55. The number of rotatable bonds is 4. The minimum Gasteiger partial charge on any atom is -0.372 e. The molecule has 4 aromatic carbocycles. The number of benzene rings is 4. The molecule has 0 bridgehead atoms. The number of fused-ring (bicyclic) bond motifs is 1. The van der Waals surface area contributed by atoms with Crippen LogP contribution in [0.3, 0.4) is 0 Å². The van der Waals surface area contributed by atoms with Crippen molar-refractivity contribution in [1.29, 1.82) is 0 Å². The molecule has 150 valence electrons. The second kappa shape index (κ2) is 7.54. The van der Waals surface area contributed by atoms with Gasteiger partial charge in [-0.15, -0.1) is 0 Å². The maximum atomic E-state index is 6.55. The highest BCUT2D eigenvalue weighted by Crippen LogP contribution is 2.38. The second-order valence-electron chi connectivity index (χ2n) is 8.78. The lowest BCUT2D eigenvalue weighted by Gasteiger charge is -2.33. The van der Waals surface area contributed by atoms with Gasteiger partial charge in [0, 0.05) is 12.5 Å². The summed E-state index contributed by atoms with van der Waals surface area (Å²) in [6, 6.07) is 26.8. The van der Waals surface area contributed by atoms with E-state index in [1.165, 1.54) is 56.6 Å². The van der Waals surface area contributed by atoms with Crippen molar-refractivity contribution >= 4 is 21.5 Å². The van der Waals surface area contributed by atoms with Crippen molar-refractivity contribution in [3.63, 3.8) is 0 Å². The van der Waals surface area contributed by atoms with E-state index in [1.54, 1.807) is 0 Å². The number of hydrogen-bond donors (Lipinski definition) is 1. The van der Waals surface area contributed by atoms with Crippen LogP contribution in [0.5, 0.6) is 0 Å². The predicted molar refractivity (Wildman–Crippen MR) is 124 cm³/mol. The lowest BCUT2D eigenvalue weighted by atomic mass is 9.84. The van der Waals surface area contributed by atoms with Crippen molar-refractivity contribution in [3.05, 3.63) is 95.1 Å². The fourth-order valence-electron chi connectivity index (χ4n) is 5.49. The molecule has 0 amide bonds. The van der Waals surface area contributed by atoms with Crippen molar-refractivity contribution in [2.75, 3.05) is 13.1 Å². The zero-order valence-electron chi connectivity index (χ0n) is 17.2. The van der Waals surface area contributed by atoms with Gasteiger partial charge in [0.15, 0.2) is 0 Å². The van der Waals surface area contributed by atoms with Crippen LogP contribution in [0.1, 0.15) is 34.6 Å². The van der Waals surface area contributed by atoms with E-state index in [9.17, 15) is 0 Å². The Hall–Kier alpha value is -2.68. The van der Waals surface area contributed by atoms with Crippen LogP contribution >= 0.6 is 0 Å². The SMILES string of the molecule is c1ccc2cc(COC3CNCCC3c3ccc4c5c(cccc35)CC4)ccc2c1. The summed E-state index contributed by atoms with van der Waals surface area (Å²) in [7, 11) is 0. The predicted octanol–water partition coefficient (Wildman–Crippen LogP) is 5.75. The average Bonchev–Trinajstić information content (AvgIpc) is 3.23. The Morgan fingerprint density at radius 3 is 2.63 bits per heavy atom. The van der Waals surface area contributed by atoms with E-state index in [2.05, 4.69) is 78.1 Å². The molecular formula is C28H27NO. The summed E-state index contributed by atoms with van der Waals surface area (Å²) >= 11 is 0. The van der Waals surface area contributed by atoms with E-state index in [4.69, 9.17) is 4.74 Å². The quantitative estimate of drug-likeness (QED) is 0.476. The molecule has 2 atom stereocenters. The molecule has 0 aromatic heterocycles. The van der Waals surface area contributed by atoms with Crippen LogP contribution in [-0.4, -0.2) is 19.2 Å². The molecule has 6 rings (SSSR count). The second-order valence-corrected chi connectivity index (χ2v) is 8.78. The molecule has 1 heterocycles. The van der Waals surface area contributed by atoms with Gasteiger partial charge in [-0.05, 0) is 75.7 Å². The fourth-order valence-corrected chi connectivity index (χ4v) is 5.49. The van der Waals surface area contributed by atoms with Gasteiger partial charge in [-0.25, -0.2) is 0 Å². The first kappa shape index (κ1) is 18.1. The molecule has 30 heavy (non-hydrogen) atoms. The summed E-state index contributed by atoms with van der Waals surface area (Å²) in [4.78, 5) is 0. The molecule has 1 aliphatic carbocycles. The minimum atomic E-state index is 0.198. The van der Waals surface area contributed by atoms with Gasteiger partial charge >= 0.3 is 0 Å². The highest BCUT2D eigenvalue weighted by molar-refractivity contribution is 5.93. The van der Waals surface area contributed by atoms with E-state index in [1.807, 2.05) is 0 Å². The highest BCUT2D eigenvalue weighted by Gasteiger charge is 2.29. The van der Waals surface area contributed by atoms with E-state index in [0.29, 0.717) is 12.5 Å². The molecule has 1 saturated heterocycles. The smallest absolute Gasteiger partial charge is 0.0773 e. The first-order valence-corrected chi connectivity index (χ1v) is 11.2. The number of nitrogens with one attached hydrogen (secondary N) is 1. The molecule has 0 spiro atoms. The Morgan fingerprint density at radius 2 is 1.70 bits per heavy atom. The van der Waals surface area contributed by atoms with Crippen LogP contribution in [-0.2, 0) is 24.2 Å². The van der Waals surface area contributed by atoms with Crippen LogP contribution < -0.4 is 5.32 Å². The van der Waals surface area contributed by atoms with Gasteiger partial charge in [0.25, 0.3) is 0 Å². The maximum absolute atomic E-state index is 6.55. The monoisotopic (exact) mass is 393 g/mol. The van der Waals surface area contributed by atoms with Gasteiger partial charge < -0.3 is 10.1 Å². The average molecular weight is 394 g/mol. The van der Waals surface area contributed by atoms with E-state index < -0.39 is 0 Å². The third kappa shape index (κ3) is 3.12. The lowest BCUT2D eigenvalue weighted by Crippen LogP contribution is -2.41. The largest absolute Gasteiger partial charge is 0.372 e. The number of hydrogen-bond acceptors (Lipinski definition) is 2. The Labute approximate surface area is 177 Å². The summed E-state index contributed by atoms with van der Waals surface area (Å²) in [5.41, 5.74) is 5.76. The Bertz CT molecular complexity index is 1220. The lowest BCUT2D eigenvalue weighted by molar-refractivity contribution is 0.0110. The standard InChI is InChI=1S/C28H27NO/c1-2-5-23-16-19(8-9-20(23)4-1)18-30-27-17-29-15-14-25(27)24-13-12-22-11-10-21-6-3-7-26(24)28(21)22/h1-9,12-13,16,25,27,29H,10-11,14-15,17-18H2. The minimum absolute atomic E-state index is 0.198. The molecule has 0 saturated carbocycles. The first-order valence-electron chi connectivity index (χ1n) is 11.2. The Balaban J connectivity index is 1.29. The third-order valence-electron chi connectivity index (χ3n) is 7.01. The van der Waals surface area contributed by atoms with Crippen molar-refractivity contribution in [2.45, 2.75) is 37.9 Å². The molecule has 1 aliphatic heterocycles. The first-order chi connectivity index (χ1) is 14.9. The van der Waals surface area contributed by atoms with Crippen molar-refractivity contribution < 1.29 is 4.74 Å². The van der Waals surface area contributed by atoms with E-state index >= 15 is 0 Å². The molecule has 4 aromatic rings. The maximum Gasteiger partial charge on any atom is 0.0773 e. The summed E-state index contributed by atoms with van der Waals surface area (Å²) in [6.45, 7) is 2.64. The number of ether oxygens (including phenoxy) is 1. The molecule has 2 nitrogen and oxygen atoms in total. The zero-order valence-corrected chi connectivity index (χ0v) is 17.2. The Morgan fingerprint density at radius 1 is 0.833 bits per heavy atom. The van der Waals surface area contributed by atoms with Gasteiger partial charge in [0.2, 0.25) is 0 Å². The highest BCUT2D eigenvalue weighted by atomic mass is 16.5. The number of piperidine rings is 1. The molecule has 1 fully saturated rings. The molecule has 2 unspecified atom stereocenters. The van der Waals surface area contributed by atoms with Gasteiger partial charge in [0.1, 0.15) is 0 Å². The van der Waals surface area contributed by atoms with Gasteiger partial charge in [-0.2, -0.15) is 0 Å². The summed E-state index contributed by atoms with van der Waals surface area (Å²) in [5, 5.41) is 9.09. The normalized spacial score (nSPS) is 20.8. The van der Waals surface area contributed by atoms with Crippen LogP contribution in [0.4, 0.5) is 0 Å². The number of aryl methyl sites for hydroxylation is 2. The van der Waals surface area contributed by atoms with Crippen molar-refractivity contribution in [2.24, 2.45) is 0 Å². The van der Waals surface area contributed by atoms with Crippen LogP contribution in [0, 0.1) is 0 Å². The molecule has 1 N–H and O–H groups in total. The molecule has 2 heteroatoms. The third-order valence-corrected chi connectivity index (χ3v) is 7.01. The van der Waals surface area contributed by atoms with Crippen LogP contribution in [0.25, 0.3) is 21.5 Å². The van der Waals surface area contributed by atoms with Gasteiger partial charge in [-0.3, -0.25) is 0 Å². The summed E-state index contributed by atoms with van der Waals surface area (Å²) < 4.78 is 6.55. The van der Waals surface area contributed by atoms with Crippen LogP contribution in [0.15, 0.2) is 72.8 Å². The van der Waals surface area contributed by atoms with E-state index in [-0.39, 0.29) is 6.10 Å². The van der Waals surface area contributed by atoms with Crippen molar-refractivity contribution in [3.8, 4) is 0 Å². The summed E-state index contributed by atoms with van der Waals surface area (Å²) in [6.07, 6.45) is 3.69. The molecule has 2 aliphatic rings. The molecule has 0 radical (unpaired) electrons.